The van der Waals surface area contributed by atoms with E-state index in [9.17, 15) is 9.59 Å². The molecule has 3 N–H and O–H groups in total. The van der Waals surface area contributed by atoms with E-state index in [-0.39, 0.29) is 18.2 Å². The number of aliphatic carboxylic acids is 1. The number of carbonyl (C=O) groups is 2. The summed E-state index contributed by atoms with van der Waals surface area (Å²) in [5, 5.41) is 8.63. The summed E-state index contributed by atoms with van der Waals surface area (Å²) >= 11 is 0. The lowest BCUT2D eigenvalue weighted by Crippen LogP contribution is -2.50. The smallest absolute Gasteiger partial charge is 0.303 e. The van der Waals surface area contributed by atoms with Crippen LogP contribution in [0.4, 0.5) is 0 Å². The summed E-state index contributed by atoms with van der Waals surface area (Å²) in [5.41, 5.74) is 4.83. The molecule has 0 aromatic carbocycles. The molecule has 0 saturated carbocycles. The van der Waals surface area contributed by atoms with Crippen LogP contribution in [0.1, 0.15) is 26.7 Å². The monoisotopic (exact) mass is 214 g/mol. The van der Waals surface area contributed by atoms with Crippen LogP contribution in [0.2, 0.25) is 0 Å². The van der Waals surface area contributed by atoms with Crippen molar-refractivity contribution in [2.75, 3.05) is 13.1 Å². The molecule has 1 amide bonds. The van der Waals surface area contributed by atoms with Crippen LogP contribution < -0.4 is 5.73 Å². The van der Waals surface area contributed by atoms with Crippen molar-refractivity contribution in [1.82, 2.24) is 4.90 Å². The lowest BCUT2D eigenvalue weighted by atomic mass is 10.0. The van der Waals surface area contributed by atoms with Crippen molar-refractivity contribution in [3.8, 4) is 0 Å². The van der Waals surface area contributed by atoms with Gasteiger partial charge in [-0.05, 0) is 26.2 Å². The molecule has 1 unspecified atom stereocenters. The van der Waals surface area contributed by atoms with Gasteiger partial charge < -0.3 is 15.7 Å². The number of carbonyl (C=O) groups excluding carboxylic acids is 1. The Morgan fingerprint density at radius 2 is 2.13 bits per heavy atom. The van der Waals surface area contributed by atoms with Gasteiger partial charge in [0.25, 0.3) is 0 Å². The Morgan fingerprint density at radius 1 is 1.53 bits per heavy atom. The first-order valence-electron chi connectivity index (χ1n) is 5.10. The van der Waals surface area contributed by atoms with Crippen molar-refractivity contribution in [1.29, 1.82) is 0 Å². The number of hydrogen-bond donors (Lipinski definition) is 2. The number of hydrogen-bond acceptors (Lipinski definition) is 3. The molecule has 0 aromatic heterocycles. The van der Waals surface area contributed by atoms with Gasteiger partial charge in [0.2, 0.25) is 5.91 Å². The standard InChI is InChI=1S/C10H18N2O3/c1-10(2,11)9(15)12-4-3-7(6-12)5-8(13)14/h7H,3-6,11H2,1-2H3,(H,13,14). The van der Waals surface area contributed by atoms with Gasteiger partial charge in [0.05, 0.1) is 5.54 Å². The van der Waals surface area contributed by atoms with Crippen LogP contribution in [0.15, 0.2) is 0 Å². The topological polar surface area (TPSA) is 83.6 Å². The lowest BCUT2D eigenvalue weighted by molar-refractivity contribution is -0.139. The molecule has 86 valence electrons. The van der Waals surface area contributed by atoms with Crippen molar-refractivity contribution in [3.05, 3.63) is 0 Å². The van der Waals surface area contributed by atoms with Gasteiger partial charge in [-0.3, -0.25) is 9.59 Å². The van der Waals surface area contributed by atoms with Crippen molar-refractivity contribution < 1.29 is 14.7 Å². The highest BCUT2D eigenvalue weighted by atomic mass is 16.4. The predicted octanol–water partition coefficient (Wildman–Crippen LogP) is 0.0469. The predicted molar refractivity (Wildman–Crippen MR) is 55.2 cm³/mol. The summed E-state index contributed by atoms with van der Waals surface area (Å²) in [4.78, 5) is 23.9. The van der Waals surface area contributed by atoms with E-state index in [1.807, 2.05) is 0 Å². The minimum atomic E-state index is -0.863. The first-order valence-corrected chi connectivity index (χ1v) is 5.10. The number of carboxylic acids is 1. The number of rotatable bonds is 3. The van der Waals surface area contributed by atoms with Crippen molar-refractivity contribution in [3.63, 3.8) is 0 Å². The maximum Gasteiger partial charge on any atom is 0.303 e. The largest absolute Gasteiger partial charge is 0.481 e. The zero-order valence-electron chi connectivity index (χ0n) is 9.19. The van der Waals surface area contributed by atoms with E-state index in [0.29, 0.717) is 13.1 Å². The van der Waals surface area contributed by atoms with E-state index in [2.05, 4.69) is 0 Å². The second-order valence-corrected chi connectivity index (χ2v) is 4.73. The summed E-state index contributed by atoms with van der Waals surface area (Å²) in [6.45, 7) is 4.48. The van der Waals surface area contributed by atoms with Crippen molar-refractivity contribution >= 4 is 11.9 Å². The quantitative estimate of drug-likeness (QED) is 0.695. The molecule has 1 fully saturated rings. The summed E-state index contributed by atoms with van der Waals surface area (Å²) in [6.07, 6.45) is 0.892. The molecule has 0 aliphatic carbocycles. The Hall–Kier alpha value is -1.10. The molecule has 1 rings (SSSR count). The van der Waals surface area contributed by atoms with Crippen LogP contribution in [0.25, 0.3) is 0 Å². The SMILES string of the molecule is CC(C)(N)C(=O)N1CCC(CC(=O)O)C1. The third-order valence-electron chi connectivity index (χ3n) is 2.59. The molecule has 15 heavy (non-hydrogen) atoms. The molecule has 5 heteroatoms. The van der Waals surface area contributed by atoms with Crippen molar-refractivity contribution in [2.24, 2.45) is 11.7 Å². The van der Waals surface area contributed by atoms with E-state index in [1.165, 1.54) is 0 Å². The molecule has 0 radical (unpaired) electrons. The zero-order valence-corrected chi connectivity index (χ0v) is 9.19. The number of amides is 1. The lowest BCUT2D eigenvalue weighted by Gasteiger charge is -2.25. The fourth-order valence-corrected chi connectivity index (χ4v) is 1.84. The first kappa shape index (κ1) is 12.0. The van der Waals surface area contributed by atoms with Gasteiger partial charge >= 0.3 is 5.97 Å². The highest BCUT2D eigenvalue weighted by molar-refractivity contribution is 5.85. The minimum absolute atomic E-state index is 0.0776. The molecule has 1 heterocycles. The number of carboxylic acid groups (broad SMARTS) is 1. The summed E-state index contributed by atoms with van der Waals surface area (Å²) in [6, 6.07) is 0. The van der Waals surface area contributed by atoms with Crippen LogP contribution in [0.3, 0.4) is 0 Å². The Bertz CT molecular complexity index is 270. The normalized spacial score (nSPS) is 21.8. The Balaban J connectivity index is 2.50. The molecule has 1 aliphatic heterocycles. The molecule has 1 saturated heterocycles. The first-order chi connectivity index (χ1) is 6.80. The maximum atomic E-state index is 11.8. The summed E-state index contributed by atoms with van der Waals surface area (Å²) in [7, 11) is 0. The van der Waals surface area contributed by atoms with Gasteiger partial charge in [0.1, 0.15) is 0 Å². The van der Waals surface area contributed by atoms with E-state index in [0.717, 1.165) is 6.42 Å². The minimum Gasteiger partial charge on any atom is -0.481 e. The number of nitrogens with zero attached hydrogens (tertiary/aromatic N) is 1. The zero-order chi connectivity index (χ0) is 11.6. The van der Waals surface area contributed by atoms with Gasteiger partial charge in [0.15, 0.2) is 0 Å². The summed E-state index contributed by atoms with van der Waals surface area (Å²) in [5.74, 6) is -0.828. The van der Waals surface area contributed by atoms with Gasteiger partial charge in [-0.15, -0.1) is 0 Å². The van der Waals surface area contributed by atoms with E-state index >= 15 is 0 Å². The van der Waals surface area contributed by atoms with Gasteiger partial charge in [-0.2, -0.15) is 0 Å². The van der Waals surface area contributed by atoms with Crippen LogP contribution in [0, 0.1) is 5.92 Å². The summed E-state index contributed by atoms with van der Waals surface area (Å²) < 4.78 is 0. The maximum absolute atomic E-state index is 11.8. The fourth-order valence-electron chi connectivity index (χ4n) is 1.84. The number of likely N-dealkylation sites (tertiary alicyclic amines) is 1. The molecule has 1 atom stereocenters. The van der Waals surface area contributed by atoms with Gasteiger partial charge in [-0.1, -0.05) is 0 Å². The highest BCUT2D eigenvalue weighted by Crippen LogP contribution is 2.21. The molecule has 0 aromatic rings. The third kappa shape index (κ3) is 3.20. The Labute approximate surface area is 89.2 Å². The molecular weight excluding hydrogens is 196 g/mol. The molecule has 5 nitrogen and oxygen atoms in total. The molecular formula is C10H18N2O3. The van der Waals surface area contributed by atoms with Crippen LogP contribution in [0.5, 0.6) is 0 Å². The van der Waals surface area contributed by atoms with E-state index < -0.39 is 11.5 Å². The van der Waals surface area contributed by atoms with Crippen LogP contribution >= 0.6 is 0 Å². The third-order valence-corrected chi connectivity index (χ3v) is 2.59. The Morgan fingerprint density at radius 3 is 2.60 bits per heavy atom. The van der Waals surface area contributed by atoms with E-state index in [1.54, 1.807) is 18.7 Å². The van der Waals surface area contributed by atoms with Crippen LogP contribution in [-0.2, 0) is 9.59 Å². The van der Waals surface area contributed by atoms with E-state index in [4.69, 9.17) is 10.8 Å². The molecule has 0 spiro atoms. The average Bonchev–Trinajstić information content (AvgIpc) is 2.48. The van der Waals surface area contributed by atoms with Gasteiger partial charge in [-0.25, -0.2) is 0 Å². The fraction of sp³-hybridized carbons (Fsp3) is 0.800. The molecule has 0 bridgehead atoms. The highest BCUT2D eigenvalue weighted by Gasteiger charge is 2.33. The van der Waals surface area contributed by atoms with Crippen molar-refractivity contribution in [2.45, 2.75) is 32.2 Å². The Kier molecular flexibility index (Phi) is 3.34. The van der Waals surface area contributed by atoms with Gasteiger partial charge in [0, 0.05) is 19.5 Å². The van der Waals surface area contributed by atoms with Crippen LogP contribution in [-0.4, -0.2) is 40.5 Å². The molecule has 1 aliphatic rings. The second-order valence-electron chi connectivity index (χ2n) is 4.73. The number of nitrogens with two attached hydrogens (primary N) is 1. The second kappa shape index (κ2) is 4.18. The average molecular weight is 214 g/mol.